The number of rotatable bonds is 7. The molecule has 0 aliphatic heterocycles. The van der Waals surface area contributed by atoms with Gasteiger partial charge in [0, 0.05) is 18.3 Å². The van der Waals surface area contributed by atoms with Gasteiger partial charge in [0.2, 0.25) is 0 Å². The molecule has 3 heteroatoms. The van der Waals surface area contributed by atoms with Gasteiger partial charge in [-0.05, 0) is 93.3 Å². The summed E-state index contributed by atoms with van der Waals surface area (Å²) in [5.41, 5.74) is 3.69. The maximum Gasteiger partial charge on any atom is 0.303 e. The summed E-state index contributed by atoms with van der Waals surface area (Å²) in [4.78, 5) is 24.3. The van der Waals surface area contributed by atoms with Crippen LogP contribution in [0.1, 0.15) is 99.3 Å². The fraction of sp³-hybridized carbons (Fsp3) is 0.733. The predicted molar refractivity (Wildman–Crippen MR) is 136 cm³/mol. The third-order valence-electron chi connectivity index (χ3n) is 10.4. The first-order chi connectivity index (χ1) is 15.2. The molecule has 0 bridgehead atoms. The smallest absolute Gasteiger partial charge is 0.303 e. The Bertz CT molecular complexity index is 862. The third-order valence-corrected chi connectivity index (χ3v) is 10.4. The number of fused-ring (bicyclic) bond motifs is 1. The lowest BCUT2D eigenvalue weighted by Gasteiger charge is -2.57. The number of carboxylic acid groups (broad SMARTS) is 1. The van der Waals surface area contributed by atoms with Crippen LogP contribution >= 0.6 is 0 Å². The van der Waals surface area contributed by atoms with Crippen LogP contribution in [-0.4, -0.2) is 16.9 Å². The van der Waals surface area contributed by atoms with Crippen molar-refractivity contribution >= 4 is 11.8 Å². The summed E-state index contributed by atoms with van der Waals surface area (Å²) in [5.74, 6) is 1.20. The molecule has 3 rings (SSSR count). The van der Waals surface area contributed by atoms with Gasteiger partial charge in [0.05, 0.1) is 0 Å². The minimum Gasteiger partial charge on any atom is -0.481 e. The van der Waals surface area contributed by atoms with Crippen molar-refractivity contribution in [2.24, 2.45) is 39.9 Å². The maximum absolute atomic E-state index is 12.8. The van der Waals surface area contributed by atoms with Crippen molar-refractivity contribution in [2.45, 2.75) is 99.3 Å². The zero-order chi connectivity index (χ0) is 24.8. The maximum atomic E-state index is 12.8. The van der Waals surface area contributed by atoms with Gasteiger partial charge in [0.25, 0.3) is 0 Å². The van der Waals surface area contributed by atoms with Crippen molar-refractivity contribution in [2.75, 3.05) is 0 Å². The van der Waals surface area contributed by atoms with Crippen LogP contribution in [0.4, 0.5) is 0 Å². The quantitative estimate of drug-likeness (QED) is 0.400. The van der Waals surface area contributed by atoms with Crippen LogP contribution in [0.15, 0.2) is 36.0 Å². The van der Waals surface area contributed by atoms with Gasteiger partial charge in [-0.25, -0.2) is 0 Å². The van der Waals surface area contributed by atoms with Crippen molar-refractivity contribution in [3.8, 4) is 0 Å². The van der Waals surface area contributed by atoms with Crippen LogP contribution in [0.25, 0.3) is 0 Å². The molecular formula is C30H46O3. The molecule has 33 heavy (non-hydrogen) atoms. The highest BCUT2D eigenvalue weighted by molar-refractivity contribution is 5.85. The predicted octanol–water partition coefficient (Wildman–Crippen LogP) is 7.77. The molecule has 0 radical (unpaired) electrons. The first-order valence-corrected chi connectivity index (χ1v) is 13.0. The first kappa shape index (κ1) is 26.0. The number of carbonyl (C=O) groups is 2. The SMILES string of the molecule is C=C(C)[C@@H]1CC=C(C)[C@H](CC[C@H]2C(=C)CC[C@H]3C(C)(C)C(=O)CC[C@@]23C)[C@@]1(C)CCC(=O)O. The number of allylic oxidation sites excluding steroid dienone is 4. The number of Topliss-reactive ketones (excluding diaryl/α,β-unsaturated/α-hetero) is 1. The molecule has 0 heterocycles. The largest absolute Gasteiger partial charge is 0.481 e. The van der Waals surface area contributed by atoms with Gasteiger partial charge in [0.15, 0.2) is 0 Å². The van der Waals surface area contributed by atoms with Gasteiger partial charge in [-0.1, -0.05) is 63.6 Å². The van der Waals surface area contributed by atoms with E-state index in [0.717, 1.165) is 38.5 Å². The van der Waals surface area contributed by atoms with Crippen LogP contribution in [0.2, 0.25) is 0 Å². The van der Waals surface area contributed by atoms with Crippen molar-refractivity contribution in [1.82, 2.24) is 0 Å². The van der Waals surface area contributed by atoms with Crippen molar-refractivity contribution in [1.29, 1.82) is 0 Å². The van der Waals surface area contributed by atoms with Crippen LogP contribution in [-0.2, 0) is 9.59 Å². The van der Waals surface area contributed by atoms with Crippen LogP contribution in [0.3, 0.4) is 0 Å². The van der Waals surface area contributed by atoms with E-state index in [9.17, 15) is 14.7 Å². The summed E-state index contributed by atoms with van der Waals surface area (Å²) in [6, 6.07) is 0. The Labute approximate surface area is 201 Å². The lowest BCUT2D eigenvalue weighted by molar-refractivity contribution is -0.145. The monoisotopic (exact) mass is 454 g/mol. The van der Waals surface area contributed by atoms with Gasteiger partial charge in [0.1, 0.15) is 5.78 Å². The molecule has 0 aromatic carbocycles. The fourth-order valence-electron chi connectivity index (χ4n) is 8.37. The average molecular weight is 455 g/mol. The van der Waals surface area contributed by atoms with Crippen LogP contribution in [0, 0.1) is 39.9 Å². The summed E-state index contributed by atoms with van der Waals surface area (Å²) >= 11 is 0. The van der Waals surface area contributed by atoms with Crippen molar-refractivity contribution in [3.05, 3.63) is 36.0 Å². The highest BCUT2D eigenvalue weighted by atomic mass is 16.4. The van der Waals surface area contributed by atoms with E-state index in [1.165, 1.54) is 16.7 Å². The normalized spacial score (nSPS) is 38.4. The third kappa shape index (κ3) is 4.54. The Kier molecular flexibility index (Phi) is 7.23. The second kappa shape index (κ2) is 9.19. The molecule has 2 saturated carbocycles. The van der Waals surface area contributed by atoms with Gasteiger partial charge in [-0.3, -0.25) is 9.59 Å². The van der Waals surface area contributed by atoms with Crippen LogP contribution in [0.5, 0.6) is 0 Å². The fourth-order valence-corrected chi connectivity index (χ4v) is 8.37. The van der Waals surface area contributed by atoms with Gasteiger partial charge < -0.3 is 5.11 Å². The molecular weight excluding hydrogens is 408 g/mol. The van der Waals surface area contributed by atoms with E-state index < -0.39 is 5.97 Å². The van der Waals surface area contributed by atoms with Gasteiger partial charge >= 0.3 is 5.97 Å². The molecule has 1 N–H and O–H groups in total. The second-order valence-corrected chi connectivity index (χ2v) is 12.6. The summed E-state index contributed by atoms with van der Waals surface area (Å²) < 4.78 is 0. The van der Waals surface area contributed by atoms with E-state index in [-0.39, 0.29) is 22.7 Å². The number of carboxylic acids is 1. The molecule has 6 atom stereocenters. The van der Waals surface area contributed by atoms with E-state index >= 15 is 0 Å². The van der Waals surface area contributed by atoms with E-state index in [1.807, 2.05) is 0 Å². The summed E-state index contributed by atoms with van der Waals surface area (Å²) in [6.07, 6.45) is 10.1. The van der Waals surface area contributed by atoms with E-state index in [2.05, 4.69) is 60.8 Å². The zero-order valence-electron chi connectivity index (χ0n) is 21.9. The number of hydrogen-bond acceptors (Lipinski definition) is 2. The number of carbonyl (C=O) groups excluding carboxylic acids is 1. The first-order valence-electron chi connectivity index (χ1n) is 13.0. The minimum atomic E-state index is -0.715. The number of aliphatic carboxylic acids is 1. The molecule has 0 spiro atoms. The minimum absolute atomic E-state index is 0.0961. The Morgan fingerprint density at radius 2 is 1.79 bits per heavy atom. The highest BCUT2D eigenvalue weighted by Gasteiger charge is 2.56. The highest BCUT2D eigenvalue weighted by Crippen LogP contribution is 2.62. The van der Waals surface area contributed by atoms with Crippen molar-refractivity contribution in [3.63, 3.8) is 0 Å². The molecule has 0 unspecified atom stereocenters. The Balaban J connectivity index is 1.89. The number of hydrogen-bond donors (Lipinski definition) is 1. The van der Waals surface area contributed by atoms with E-state index in [4.69, 9.17) is 0 Å². The van der Waals surface area contributed by atoms with Crippen LogP contribution < -0.4 is 0 Å². The summed E-state index contributed by atoms with van der Waals surface area (Å²) in [5, 5.41) is 9.46. The Morgan fingerprint density at radius 1 is 1.15 bits per heavy atom. The van der Waals surface area contributed by atoms with E-state index in [0.29, 0.717) is 42.3 Å². The lowest BCUT2D eigenvalue weighted by atomic mass is 9.46. The summed E-state index contributed by atoms with van der Waals surface area (Å²) in [7, 11) is 0. The van der Waals surface area contributed by atoms with Gasteiger partial charge in [-0.2, -0.15) is 0 Å². The van der Waals surface area contributed by atoms with Gasteiger partial charge in [-0.15, -0.1) is 0 Å². The second-order valence-electron chi connectivity index (χ2n) is 12.6. The molecule has 3 nitrogen and oxygen atoms in total. The standard InChI is InChI=1S/C30H46O3/c1-19(2)22-11-9-20(3)23(29(22,7)18-16-27(32)33)12-13-24-21(4)10-14-25-28(5,6)26(31)15-17-30(24,25)8/h9,22-25H,1,4,10-18H2,2-3,5-8H3,(H,32,33)/t22-,23-,24-,25-,29-,30-/m0/s1. The molecule has 0 amide bonds. The van der Waals surface area contributed by atoms with Crippen molar-refractivity contribution < 1.29 is 14.7 Å². The average Bonchev–Trinajstić information content (AvgIpc) is 2.71. The topological polar surface area (TPSA) is 54.4 Å². The Morgan fingerprint density at radius 3 is 2.39 bits per heavy atom. The summed E-state index contributed by atoms with van der Waals surface area (Å²) in [6.45, 7) is 22.2. The molecule has 2 fully saturated rings. The molecule has 3 aliphatic carbocycles. The lowest BCUT2D eigenvalue weighted by Crippen LogP contribution is -2.53. The molecule has 0 aromatic rings. The zero-order valence-corrected chi connectivity index (χ0v) is 21.9. The Hall–Kier alpha value is -1.64. The molecule has 3 aliphatic rings. The molecule has 0 aromatic heterocycles. The number of ketones is 1. The molecule has 184 valence electrons. The van der Waals surface area contributed by atoms with E-state index in [1.54, 1.807) is 0 Å². The molecule has 0 saturated heterocycles.